The first-order valence-electron chi connectivity index (χ1n) is 11.8. The third-order valence-corrected chi connectivity index (χ3v) is 5.41. The number of ether oxygens (including phenoxy) is 3. The summed E-state index contributed by atoms with van der Waals surface area (Å²) < 4.78 is 54.7. The minimum absolute atomic E-state index is 0.0139. The Hall–Kier alpha value is -3.41. The Balaban J connectivity index is 1.76. The highest BCUT2D eigenvalue weighted by Crippen LogP contribution is 2.30. The van der Waals surface area contributed by atoms with Crippen molar-refractivity contribution in [2.24, 2.45) is 0 Å². The number of carbonyl (C=O) groups excluding carboxylic acids is 2. The molecule has 3 rings (SSSR count). The SMILES string of the molecule is COCCOc1cc(-c2ccc(C(F)(F)F)nc2)cc(CNC(=O)[C@@H]2CCCN2C(=O)OC(C)(C)C)n1. The number of likely N-dealkylation sites (tertiary alicyclic amines) is 1. The molecule has 9 nitrogen and oxygen atoms in total. The molecule has 0 aliphatic carbocycles. The van der Waals surface area contributed by atoms with Crippen molar-refractivity contribution in [2.45, 2.75) is 58.0 Å². The molecule has 0 radical (unpaired) electrons. The molecular weight excluding hydrogens is 493 g/mol. The number of nitrogens with one attached hydrogen (secondary N) is 1. The minimum Gasteiger partial charge on any atom is -0.475 e. The Kier molecular flexibility index (Phi) is 8.95. The third kappa shape index (κ3) is 8.04. The number of pyridine rings is 2. The van der Waals surface area contributed by atoms with Crippen LogP contribution in [0.1, 0.15) is 45.0 Å². The van der Waals surface area contributed by atoms with Crippen LogP contribution in [0.25, 0.3) is 11.1 Å². The number of carbonyl (C=O) groups is 2. The van der Waals surface area contributed by atoms with Gasteiger partial charge in [0, 0.05) is 31.5 Å². The lowest BCUT2D eigenvalue weighted by Gasteiger charge is -2.28. The molecule has 0 aromatic carbocycles. The van der Waals surface area contributed by atoms with Crippen LogP contribution in [0.3, 0.4) is 0 Å². The van der Waals surface area contributed by atoms with Crippen LogP contribution in [0.5, 0.6) is 5.88 Å². The number of nitrogens with zero attached hydrogens (tertiary/aromatic N) is 3. The standard InChI is InChI=1S/C25H31F3N4O5/c1-24(2,3)37-23(34)32-9-5-6-19(32)22(33)30-15-18-12-17(13-21(31-18)36-11-10-35-4)16-7-8-20(29-14-16)25(26,27)28/h7-8,12-14,19H,5-6,9-11,15H2,1-4H3,(H,30,33)/t19-/m0/s1. The summed E-state index contributed by atoms with van der Waals surface area (Å²) in [7, 11) is 1.52. The van der Waals surface area contributed by atoms with E-state index in [2.05, 4.69) is 15.3 Å². The first-order valence-corrected chi connectivity index (χ1v) is 11.8. The van der Waals surface area contributed by atoms with Gasteiger partial charge in [0.2, 0.25) is 11.8 Å². The number of methoxy groups -OCH3 is 1. The smallest absolute Gasteiger partial charge is 0.433 e. The van der Waals surface area contributed by atoms with E-state index in [-0.39, 0.29) is 24.9 Å². The topological polar surface area (TPSA) is 103 Å². The number of halogens is 3. The van der Waals surface area contributed by atoms with E-state index in [0.717, 1.165) is 12.3 Å². The molecule has 2 amide bonds. The van der Waals surface area contributed by atoms with E-state index in [0.29, 0.717) is 42.8 Å². The second-order valence-electron chi connectivity index (χ2n) is 9.51. The van der Waals surface area contributed by atoms with E-state index in [1.807, 2.05) is 0 Å². The molecule has 3 heterocycles. The summed E-state index contributed by atoms with van der Waals surface area (Å²) in [6.07, 6.45) is -2.80. The molecule has 12 heteroatoms. The van der Waals surface area contributed by atoms with Gasteiger partial charge >= 0.3 is 12.3 Å². The van der Waals surface area contributed by atoms with E-state index in [1.165, 1.54) is 18.1 Å². The van der Waals surface area contributed by atoms with Crippen LogP contribution in [-0.4, -0.2) is 65.4 Å². The van der Waals surface area contributed by atoms with E-state index in [1.54, 1.807) is 32.9 Å². The summed E-state index contributed by atoms with van der Waals surface area (Å²) in [6, 6.07) is 4.74. The summed E-state index contributed by atoms with van der Waals surface area (Å²) in [6.45, 7) is 6.21. The fraction of sp³-hybridized carbons (Fsp3) is 0.520. The second kappa shape index (κ2) is 11.8. The maximum Gasteiger partial charge on any atom is 0.433 e. The summed E-state index contributed by atoms with van der Waals surface area (Å²) >= 11 is 0. The fourth-order valence-corrected chi connectivity index (χ4v) is 3.73. The molecule has 2 aromatic heterocycles. The van der Waals surface area contributed by atoms with Crippen molar-refractivity contribution < 1.29 is 37.0 Å². The first-order chi connectivity index (χ1) is 17.4. The first kappa shape index (κ1) is 28.2. The van der Waals surface area contributed by atoms with Crippen molar-refractivity contribution >= 4 is 12.0 Å². The largest absolute Gasteiger partial charge is 0.475 e. The highest BCUT2D eigenvalue weighted by atomic mass is 19.4. The summed E-state index contributed by atoms with van der Waals surface area (Å²) in [5.41, 5.74) is -0.326. The molecule has 1 aliphatic rings. The van der Waals surface area contributed by atoms with Gasteiger partial charge in [0.05, 0.1) is 18.8 Å². The highest BCUT2D eigenvalue weighted by Gasteiger charge is 2.36. The van der Waals surface area contributed by atoms with Crippen molar-refractivity contribution in [3.8, 4) is 17.0 Å². The lowest BCUT2D eigenvalue weighted by Crippen LogP contribution is -2.47. The van der Waals surface area contributed by atoms with Gasteiger partial charge in [-0.05, 0) is 51.3 Å². The van der Waals surface area contributed by atoms with Crippen molar-refractivity contribution in [1.29, 1.82) is 0 Å². The van der Waals surface area contributed by atoms with E-state index in [9.17, 15) is 22.8 Å². The van der Waals surface area contributed by atoms with Crippen molar-refractivity contribution in [1.82, 2.24) is 20.2 Å². The molecule has 0 unspecified atom stereocenters. The molecule has 0 bridgehead atoms. The van der Waals surface area contributed by atoms with Gasteiger partial charge in [0.15, 0.2) is 0 Å². The lowest BCUT2D eigenvalue weighted by atomic mass is 10.1. The third-order valence-electron chi connectivity index (χ3n) is 5.41. The second-order valence-corrected chi connectivity index (χ2v) is 9.51. The van der Waals surface area contributed by atoms with Crippen LogP contribution in [-0.2, 0) is 27.0 Å². The number of amides is 2. The molecule has 1 fully saturated rings. The summed E-state index contributed by atoms with van der Waals surface area (Å²) in [5.74, 6) is -0.136. The normalized spacial score (nSPS) is 16.0. The quantitative estimate of drug-likeness (QED) is 0.516. The average molecular weight is 525 g/mol. The molecule has 37 heavy (non-hydrogen) atoms. The number of hydrogen-bond acceptors (Lipinski definition) is 7. The Morgan fingerprint density at radius 2 is 1.89 bits per heavy atom. The van der Waals surface area contributed by atoms with Crippen molar-refractivity contribution in [3.63, 3.8) is 0 Å². The van der Waals surface area contributed by atoms with Gasteiger partial charge in [-0.25, -0.2) is 9.78 Å². The zero-order valence-electron chi connectivity index (χ0n) is 21.2. The molecule has 1 N–H and O–H groups in total. The van der Waals surface area contributed by atoms with Crippen molar-refractivity contribution in [2.75, 3.05) is 26.9 Å². The van der Waals surface area contributed by atoms with E-state index >= 15 is 0 Å². The monoisotopic (exact) mass is 524 g/mol. The van der Waals surface area contributed by atoms with Gasteiger partial charge in [-0.3, -0.25) is 14.7 Å². The van der Waals surface area contributed by atoms with Crippen molar-refractivity contribution in [3.05, 3.63) is 41.9 Å². The van der Waals surface area contributed by atoms with Crippen LogP contribution >= 0.6 is 0 Å². The molecule has 0 saturated carbocycles. The average Bonchev–Trinajstić information content (AvgIpc) is 3.32. The number of alkyl halides is 3. The Morgan fingerprint density at radius 1 is 1.14 bits per heavy atom. The van der Waals surface area contributed by atoms with Crippen LogP contribution in [0, 0.1) is 0 Å². The molecule has 202 valence electrons. The molecule has 1 atom stereocenters. The van der Waals surface area contributed by atoms with Crippen LogP contribution < -0.4 is 10.1 Å². The van der Waals surface area contributed by atoms with Crippen LogP contribution in [0.4, 0.5) is 18.0 Å². The zero-order chi connectivity index (χ0) is 27.2. The Morgan fingerprint density at radius 3 is 2.51 bits per heavy atom. The van der Waals surface area contributed by atoms with E-state index < -0.39 is 29.6 Å². The lowest BCUT2D eigenvalue weighted by molar-refractivity contribution is -0.141. The van der Waals surface area contributed by atoms with Crippen LogP contribution in [0.2, 0.25) is 0 Å². The van der Waals surface area contributed by atoms with E-state index in [4.69, 9.17) is 14.2 Å². The zero-order valence-corrected chi connectivity index (χ0v) is 21.2. The number of aromatic nitrogens is 2. The van der Waals surface area contributed by atoms with Gasteiger partial charge in [-0.15, -0.1) is 0 Å². The molecular formula is C25H31F3N4O5. The number of rotatable bonds is 8. The van der Waals surface area contributed by atoms with Gasteiger partial charge < -0.3 is 19.5 Å². The maximum absolute atomic E-state index is 12.9. The molecule has 1 saturated heterocycles. The minimum atomic E-state index is -4.55. The summed E-state index contributed by atoms with van der Waals surface area (Å²) in [5, 5.41) is 2.80. The Labute approximate surface area is 213 Å². The predicted molar refractivity (Wildman–Crippen MR) is 128 cm³/mol. The van der Waals surface area contributed by atoms with Gasteiger partial charge in [0.25, 0.3) is 0 Å². The molecule has 0 spiro atoms. The Bertz CT molecular complexity index is 1090. The molecule has 1 aliphatic heterocycles. The van der Waals surface area contributed by atoms with Gasteiger partial charge in [-0.2, -0.15) is 13.2 Å². The maximum atomic E-state index is 12.9. The number of hydrogen-bond donors (Lipinski definition) is 1. The van der Waals surface area contributed by atoms with Gasteiger partial charge in [-0.1, -0.05) is 6.07 Å². The van der Waals surface area contributed by atoms with Gasteiger partial charge in [0.1, 0.15) is 23.9 Å². The predicted octanol–water partition coefficient (Wildman–Crippen LogP) is 4.20. The fourth-order valence-electron chi connectivity index (χ4n) is 3.73. The van der Waals surface area contributed by atoms with Crippen LogP contribution in [0.15, 0.2) is 30.5 Å². The summed E-state index contributed by atoms with van der Waals surface area (Å²) in [4.78, 5) is 34.8. The highest BCUT2D eigenvalue weighted by molar-refractivity contribution is 5.86. The molecule has 2 aromatic rings.